The van der Waals surface area contributed by atoms with Crippen LogP contribution in [0.3, 0.4) is 0 Å². The van der Waals surface area contributed by atoms with Crippen molar-refractivity contribution in [2.24, 2.45) is 0 Å². The molecule has 0 atom stereocenters. The second-order valence-corrected chi connectivity index (χ2v) is 4.50. The Bertz CT molecular complexity index is 12.3. The smallest absolute Gasteiger partial charge is 0.358 e. The largest absolute Gasteiger partial charge is 1.00 e. The van der Waals surface area contributed by atoms with Gasteiger partial charge in [-0.1, -0.05) is 0 Å². The SMILES string of the molecule is C[PH+](C)C.[Au+].[CH3-]. The molecule has 0 rings (SSSR count). The van der Waals surface area contributed by atoms with E-state index >= 15 is 0 Å². The van der Waals surface area contributed by atoms with Crippen molar-refractivity contribution < 1.29 is 22.4 Å². The first-order chi connectivity index (χ1) is 1.73. The second kappa shape index (κ2) is 9.48. The van der Waals surface area contributed by atoms with Crippen LogP contribution in [0.2, 0.25) is 0 Å². The summed E-state index contributed by atoms with van der Waals surface area (Å²) in [5.41, 5.74) is 0. The molecule has 0 bridgehead atoms. The Balaban J connectivity index is -0.0000000450. The van der Waals surface area contributed by atoms with Crippen LogP contribution in [0, 0.1) is 7.43 Å². The minimum Gasteiger partial charge on any atom is -0.358 e. The second-order valence-electron chi connectivity index (χ2n) is 1.50. The minimum absolute atomic E-state index is 0. The summed E-state index contributed by atoms with van der Waals surface area (Å²) in [6.07, 6.45) is 0. The van der Waals surface area contributed by atoms with Crippen LogP contribution >= 0.6 is 7.92 Å². The van der Waals surface area contributed by atoms with Crippen molar-refractivity contribution in [3.63, 3.8) is 0 Å². The molecule has 0 spiro atoms. The molecule has 0 amide bonds. The number of hydrogen-bond acceptors (Lipinski definition) is 0. The van der Waals surface area contributed by atoms with Gasteiger partial charge in [0.15, 0.2) is 0 Å². The van der Waals surface area contributed by atoms with E-state index < -0.39 is 0 Å². The molecule has 0 aromatic rings. The molecule has 0 saturated carbocycles. The van der Waals surface area contributed by atoms with Gasteiger partial charge in [-0.05, 0) is 7.92 Å². The Morgan fingerprint density at radius 1 is 1.00 bits per heavy atom. The Morgan fingerprint density at radius 2 is 1.00 bits per heavy atom. The Kier molecular flexibility index (Phi) is 24.8. The van der Waals surface area contributed by atoms with E-state index in [1.165, 1.54) is 0 Å². The molecule has 0 aromatic carbocycles. The van der Waals surface area contributed by atoms with Crippen molar-refractivity contribution in [3.8, 4) is 0 Å². The van der Waals surface area contributed by atoms with Gasteiger partial charge in [0.1, 0.15) is 0 Å². The third kappa shape index (κ3) is 65.7. The molecule has 2 heteroatoms. The van der Waals surface area contributed by atoms with Gasteiger partial charge in [-0.3, -0.25) is 0 Å². The van der Waals surface area contributed by atoms with E-state index in [-0.39, 0.29) is 37.7 Å². The molecule has 0 unspecified atom stereocenters. The summed E-state index contributed by atoms with van der Waals surface area (Å²) in [5.74, 6) is 0. The third-order valence-corrected chi connectivity index (χ3v) is 0. The van der Waals surface area contributed by atoms with Crippen LogP contribution in [0.25, 0.3) is 0 Å². The van der Waals surface area contributed by atoms with Gasteiger partial charge in [0.05, 0.1) is 0 Å². The maximum Gasteiger partial charge on any atom is 1.00 e. The van der Waals surface area contributed by atoms with Crippen molar-refractivity contribution in [2.75, 3.05) is 20.0 Å². The van der Waals surface area contributed by atoms with Crippen LogP contribution < -0.4 is 0 Å². The van der Waals surface area contributed by atoms with E-state index in [2.05, 4.69) is 20.0 Å². The Hall–Kier alpha value is 1.17. The molecular weight excluding hydrogens is 276 g/mol. The van der Waals surface area contributed by atoms with Crippen LogP contribution in [-0.4, -0.2) is 20.0 Å². The van der Waals surface area contributed by atoms with Gasteiger partial charge in [-0.25, -0.2) is 0 Å². The molecule has 6 heavy (non-hydrogen) atoms. The molecule has 0 aliphatic carbocycles. The van der Waals surface area contributed by atoms with Gasteiger partial charge in [-0.2, -0.15) is 0 Å². The summed E-state index contributed by atoms with van der Waals surface area (Å²) in [6, 6.07) is 0. The number of hydrogen-bond donors (Lipinski definition) is 0. The maximum absolute atomic E-state index is 2.27. The van der Waals surface area contributed by atoms with Crippen LogP contribution in [0.15, 0.2) is 0 Å². The van der Waals surface area contributed by atoms with E-state index in [1.807, 2.05) is 0 Å². The predicted molar refractivity (Wildman–Crippen MR) is 32.5 cm³/mol. The molecular formula is C4H13AuP+. The molecule has 0 fully saturated rings. The molecule has 44 valence electrons. The van der Waals surface area contributed by atoms with E-state index in [4.69, 9.17) is 0 Å². The van der Waals surface area contributed by atoms with Crippen molar-refractivity contribution in [2.45, 2.75) is 0 Å². The molecule has 0 aromatic heterocycles. The fourth-order valence-corrected chi connectivity index (χ4v) is 0. The van der Waals surface area contributed by atoms with Crippen molar-refractivity contribution in [1.82, 2.24) is 0 Å². The van der Waals surface area contributed by atoms with Gasteiger partial charge in [0.25, 0.3) is 0 Å². The average Bonchev–Trinajstić information content (AvgIpc) is 0.811. The zero-order chi connectivity index (χ0) is 3.58. The quantitative estimate of drug-likeness (QED) is 0.360. The maximum atomic E-state index is 2.27. The summed E-state index contributed by atoms with van der Waals surface area (Å²) in [5, 5.41) is 0. The normalized spacial score (nSPS) is 6.00. The average molecular weight is 289 g/mol. The van der Waals surface area contributed by atoms with Crippen LogP contribution in [0.4, 0.5) is 0 Å². The molecule has 0 radical (unpaired) electrons. The van der Waals surface area contributed by atoms with E-state index in [0.29, 0.717) is 0 Å². The van der Waals surface area contributed by atoms with Crippen LogP contribution in [0.1, 0.15) is 0 Å². The van der Waals surface area contributed by atoms with Gasteiger partial charge >= 0.3 is 22.4 Å². The van der Waals surface area contributed by atoms with Crippen LogP contribution in [0.5, 0.6) is 0 Å². The third-order valence-electron chi connectivity index (χ3n) is 0. The first-order valence-corrected chi connectivity index (χ1v) is 4.50. The standard InChI is InChI=1S/C3H9P.CH3.Au/c1-4(2)3;;/h1-3H3;1H3;/q;-1;+1/p+1. The fraction of sp³-hybridized carbons (Fsp3) is 0.750. The molecule has 0 aliphatic rings. The van der Waals surface area contributed by atoms with Crippen LogP contribution in [-0.2, 0) is 22.4 Å². The predicted octanol–water partition coefficient (Wildman–Crippen LogP) is 1.54. The Labute approximate surface area is 58.0 Å². The van der Waals surface area contributed by atoms with E-state index in [0.717, 1.165) is 0 Å². The summed E-state index contributed by atoms with van der Waals surface area (Å²) in [4.78, 5) is 0. The van der Waals surface area contributed by atoms with Crippen molar-refractivity contribution >= 4 is 7.92 Å². The minimum atomic E-state index is 0. The molecule has 0 heterocycles. The summed E-state index contributed by atoms with van der Waals surface area (Å²) in [7, 11) is 0.120. The van der Waals surface area contributed by atoms with Crippen molar-refractivity contribution in [1.29, 1.82) is 0 Å². The first kappa shape index (κ1) is 15.7. The van der Waals surface area contributed by atoms with E-state index in [1.54, 1.807) is 0 Å². The van der Waals surface area contributed by atoms with Gasteiger partial charge in [0.2, 0.25) is 0 Å². The fourth-order valence-electron chi connectivity index (χ4n) is 0. The molecule has 0 saturated heterocycles. The summed E-state index contributed by atoms with van der Waals surface area (Å²) < 4.78 is 0. The first-order valence-electron chi connectivity index (χ1n) is 1.50. The van der Waals surface area contributed by atoms with Crippen molar-refractivity contribution in [3.05, 3.63) is 7.43 Å². The zero-order valence-corrected chi connectivity index (χ0v) is 7.97. The van der Waals surface area contributed by atoms with Gasteiger partial charge < -0.3 is 7.43 Å². The topological polar surface area (TPSA) is 0 Å². The van der Waals surface area contributed by atoms with E-state index in [9.17, 15) is 0 Å². The van der Waals surface area contributed by atoms with Gasteiger partial charge in [0, 0.05) is 20.0 Å². The molecule has 0 nitrogen and oxygen atoms in total. The monoisotopic (exact) mass is 289 g/mol. The zero-order valence-electron chi connectivity index (χ0n) is 4.80. The Morgan fingerprint density at radius 3 is 1.00 bits per heavy atom. The molecule has 0 aliphatic heterocycles. The number of rotatable bonds is 0. The summed E-state index contributed by atoms with van der Waals surface area (Å²) >= 11 is 0. The molecule has 0 N–H and O–H groups in total. The summed E-state index contributed by atoms with van der Waals surface area (Å²) in [6.45, 7) is 6.81. The van der Waals surface area contributed by atoms with Gasteiger partial charge in [-0.15, -0.1) is 0 Å².